The molecular formula is C19H22FN3S. The molecule has 0 radical (unpaired) electrons. The van der Waals surface area contributed by atoms with Crippen LogP contribution in [0.2, 0.25) is 0 Å². The van der Waals surface area contributed by atoms with E-state index in [1.54, 1.807) is 23.5 Å². The Morgan fingerprint density at radius 2 is 2.21 bits per heavy atom. The summed E-state index contributed by atoms with van der Waals surface area (Å²) in [5.41, 5.74) is 3.90. The number of hydrogen-bond acceptors (Lipinski definition) is 3. The van der Waals surface area contributed by atoms with E-state index in [-0.39, 0.29) is 5.82 Å². The Bertz CT molecular complexity index is 867. The molecule has 1 fully saturated rings. The van der Waals surface area contributed by atoms with Crippen molar-refractivity contribution < 1.29 is 4.39 Å². The Kier molecular flexibility index (Phi) is 4.04. The van der Waals surface area contributed by atoms with Gasteiger partial charge in [0.25, 0.3) is 0 Å². The van der Waals surface area contributed by atoms with Gasteiger partial charge in [-0.2, -0.15) is 0 Å². The minimum Gasteiger partial charge on any atom is -0.359 e. The lowest BCUT2D eigenvalue weighted by Gasteiger charge is -2.27. The van der Waals surface area contributed by atoms with Crippen LogP contribution in [0, 0.1) is 18.7 Å². The lowest BCUT2D eigenvalue weighted by molar-refractivity contribution is 0.358. The molecule has 2 aromatic heterocycles. The van der Waals surface area contributed by atoms with Gasteiger partial charge >= 0.3 is 0 Å². The maximum absolute atomic E-state index is 13.6. The Labute approximate surface area is 145 Å². The molecule has 1 aliphatic carbocycles. The van der Waals surface area contributed by atoms with E-state index in [1.807, 2.05) is 6.92 Å². The molecule has 0 amide bonds. The molecule has 126 valence electrons. The number of aromatic nitrogens is 2. The van der Waals surface area contributed by atoms with Crippen molar-refractivity contribution in [1.82, 2.24) is 9.97 Å². The zero-order valence-electron chi connectivity index (χ0n) is 14.0. The van der Waals surface area contributed by atoms with Crippen LogP contribution >= 0.6 is 11.3 Å². The number of halogens is 1. The van der Waals surface area contributed by atoms with E-state index >= 15 is 0 Å². The quantitative estimate of drug-likeness (QED) is 0.637. The van der Waals surface area contributed by atoms with Gasteiger partial charge in [0, 0.05) is 33.6 Å². The number of aromatic amines is 1. The van der Waals surface area contributed by atoms with E-state index in [4.69, 9.17) is 4.98 Å². The molecule has 2 atom stereocenters. The molecule has 0 saturated heterocycles. The van der Waals surface area contributed by atoms with Crippen LogP contribution in [0.4, 0.5) is 9.52 Å². The number of nitrogens with zero attached hydrogens (tertiary/aromatic N) is 1. The summed E-state index contributed by atoms with van der Waals surface area (Å²) in [6, 6.07) is 5.38. The number of benzene rings is 1. The van der Waals surface area contributed by atoms with Crippen LogP contribution in [0.25, 0.3) is 22.2 Å². The van der Waals surface area contributed by atoms with Crippen molar-refractivity contribution in [3.63, 3.8) is 0 Å². The van der Waals surface area contributed by atoms with Crippen molar-refractivity contribution in [2.24, 2.45) is 5.92 Å². The minimum absolute atomic E-state index is 0.215. The Balaban J connectivity index is 1.63. The van der Waals surface area contributed by atoms with E-state index < -0.39 is 0 Å². The van der Waals surface area contributed by atoms with Gasteiger partial charge in [0.2, 0.25) is 0 Å². The van der Waals surface area contributed by atoms with Gasteiger partial charge < -0.3 is 10.3 Å². The number of nitrogens with one attached hydrogen (secondary N) is 2. The number of aryl methyl sites for hydroxylation is 1. The Morgan fingerprint density at radius 3 is 3.04 bits per heavy atom. The SMILES string of the molecule is Cc1[nH]c2ccc(F)cc2c1-c1csc(N[C@@H]2CCC[C@H](C)C2)n1. The number of hydrogen-bond donors (Lipinski definition) is 2. The van der Waals surface area contributed by atoms with E-state index in [9.17, 15) is 4.39 Å². The Hall–Kier alpha value is -1.88. The topological polar surface area (TPSA) is 40.7 Å². The molecule has 24 heavy (non-hydrogen) atoms. The van der Waals surface area contributed by atoms with Crippen LogP contribution in [0.15, 0.2) is 23.6 Å². The van der Waals surface area contributed by atoms with E-state index in [1.165, 1.54) is 31.7 Å². The third-order valence-corrected chi connectivity index (χ3v) is 5.75. The van der Waals surface area contributed by atoms with Gasteiger partial charge in [-0.05, 0) is 43.9 Å². The fraction of sp³-hybridized carbons (Fsp3) is 0.421. The van der Waals surface area contributed by atoms with Crippen molar-refractivity contribution in [2.45, 2.75) is 45.6 Å². The summed E-state index contributed by atoms with van der Waals surface area (Å²) in [4.78, 5) is 8.10. The summed E-state index contributed by atoms with van der Waals surface area (Å²) < 4.78 is 13.6. The molecule has 2 heterocycles. The van der Waals surface area contributed by atoms with Gasteiger partial charge in [-0.3, -0.25) is 0 Å². The van der Waals surface area contributed by atoms with Gasteiger partial charge in [0.1, 0.15) is 5.82 Å². The lowest BCUT2D eigenvalue weighted by Crippen LogP contribution is -2.26. The first-order valence-electron chi connectivity index (χ1n) is 8.60. The van der Waals surface area contributed by atoms with Crippen molar-refractivity contribution in [3.8, 4) is 11.3 Å². The maximum Gasteiger partial charge on any atom is 0.183 e. The van der Waals surface area contributed by atoms with Crippen LogP contribution < -0.4 is 5.32 Å². The standard InChI is InChI=1S/C19H22FN3S/c1-11-4-3-5-14(8-11)22-19-23-17(10-24-19)18-12(2)21-16-7-6-13(20)9-15(16)18/h6-7,9-11,14,21H,3-5,8H2,1-2H3,(H,22,23)/t11-,14+/m0/s1. The number of rotatable bonds is 3. The van der Waals surface area contributed by atoms with Gasteiger partial charge in [-0.25, -0.2) is 9.37 Å². The molecule has 0 bridgehead atoms. The number of thiazole rings is 1. The molecule has 0 unspecified atom stereocenters. The smallest absolute Gasteiger partial charge is 0.183 e. The first-order chi connectivity index (χ1) is 11.6. The average molecular weight is 343 g/mol. The predicted molar refractivity (Wildman–Crippen MR) is 99.1 cm³/mol. The molecule has 3 nitrogen and oxygen atoms in total. The largest absolute Gasteiger partial charge is 0.359 e. The van der Waals surface area contributed by atoms with Crippen LogP contribution in [0.1, 0.15) is 38.3 Å². The molecule has 2 N–H and O–H groups in total. The monoisotopic (exact) mass is 343 g/mol. The molecule has 4 rings (SSSR count). The summed E-state index contributed by atoms with van der Waals surface area (Å²) in [5, 5.41) is 7.53. The molecule has 1 aliphatic rings. The molecule has 3 aromatic rings. The molecule has 5 heteroatoms. The second-order valence-corrected chi connectivity index (χ2v) is 7.82. The third kappa shape index (κ3) is 2.93. The second-order valence-electron chi connectivity index (χ2n) is 6.97. The third-order valence-electron chi connectivity index (χ3n) is 4.97. The predicted octanol–water partition coefficient (Wildman–Crippen LogP) is 5.73. The highest BCUT2D eigenvalue weighted by Gasteiger charge is 2.20. The molecule has 1 aromatic carbocycles. The van der Waals surface area contributed by atoms with Gasteiger partial charge in [0.15, 0.2) is 5.13 Å². The van der Waals surface area contributed by atoms with E-state index in [2.05, 4.69) is 22.6 Å². The van der Waals surface area contributed by atoms with Gasteiger partial charge in [-0.15, -0.1) is 11.3 Å². The normalized spacial score (nSPS) is 21.3. The fourth-order valence-electron chi connectivity index (χ4n) is 3.82. The van der Waals surface area contributed by atoms with Crippen LogP contribution in [-0.4, -0.2) is 16.0 Å². The van der Waals surface area contributed by atoms with Crippen LogP contribution in [0.5, 0.6) is 0 Å². The summed E-state index contributed by atoms with van der Waals surface area (Å²) in [6.07, 6.45) is 5.06. The van der Waals surface area contributed by atoms with Crippen molar-refractivity contribution in [3.05, 3.63) is 35.1 Å². The first-order valence-corrected chi connectivity index (χ1v) is 9.48. The molecule has 0 spiro atoms. The summed E-state index contributed by atoms with van der Waals surface area (Å²) in [6.45, 7) is 4.34. The zero-order chi connectivity index (χ0) is 16.7. The van der Waals surface area contributed by atoms with Gasteiger partial charge in [0.05, 0.1) is 5.69 Å². The highest BCUT2D eigenvalue weighted by molar-refractivity contribution is 7.14. The molecule has 0 aliphatic heterocycles. The second kappa shape index (κ2) is 6.20. The number of anilines is 1. The minimum atomic E-state index is -0.215. The zero-order valence-corrected chi connectivity index (χ0v) is 14.8. The maximum atomic E-state index is 13.6. The fourth-order valence-corrected chi connectivity index (χ4v) is 4.60. The van der Waals surface area contributed by atoms with Crippen LogP contribution in [-0.2, 0) is 0 Å². The lowest BCUT2D eigenvalue weighted by atomic mass is 9.87. The highest BCUT2D eigenvalue weighted by Crippen LogP contribution is 2.35. The number of H-pyrrole nitrogens is 1. The Morgan fingerprint density at radius 1 is 1.33 bits per heavy atom. The van der Waals surface area contributed by atoms with E-state index in [0.29, 0.717) is 6.04 Å². The highest BCUT2D eigenvalue weighted by atomic mass is 32.1. The summed E-state index contributed by atoms with van der Waals surface area (Å²) in [5.74, 6) is 0.571. The van der Waals surface area contributed by atoms with Crippen molar-refractivity contribution in [2.75, 3.05) is 5.32 Å². The van der Waals surface area contributed by atoms with E-state index in [0.717, 1.165) is 38.9 Å². The van der Waals surface area contributed by atoms with Gasteiger partial charge in [-0.1, -0.05) is 19.8 Å². The van der Waals surface area contributed by atoms with Crippen LogP contribution in [0.3, 0.4) is 0 Å². The van der Waals surface area contributed by atoms with Crippen molar-refractivity contribution >= 4 is 27.4 Å². The molecule has 1 saturated carbocycles. The average Bonchev–Trinajstić information content (AvgIpc) is 3.10. The summed E-state index contributed by atoms with van der Waals surface area (Å²) in [7, 11) is 0. The van der Waals surface area contributed by atoms with Crippen molar-refractivity contribution in [1.29, 1.82) is 0 Å². The summed E-state index contributed by atoms with van der Waals surface area (Å²) >= 11 is 1.63. The number of fused-ring (bicyclic) bond motifs is 1. The first kappa shape index (κ1) is 15.6. The molecular weight excluding hydrogens is 321 g/mol.